The Kier molecular flexibility index (Phi) is 3.69. The first-order valence-corrected chi connectivity index (χ1v) is 4.83. The monoisotopic (exact) mass is 185 g/mol. The van der Waals surface area contributed by atoms with Gasteiger partial charge in [-0.05, 0) is 6.92 Å². The van der Waals surface area contributed by atoms with Gasteiger partial charge < -0.3 is 10.6 Å². The Morgan fingerprint density at radius 1 is 1.38 bits per heavy atom. The van der Waals surface area contributed by atoms with Gasteiger partial charge in [0.1, 0.15) is 0 Å². The van der Waals surface area contributed by atoms with Crippen LogP contribution in [0.5, 0.6) is 0 Å². The zero-order valence-electron chi connectivity index (χ0n) is 8.49. The van der Waals surface area contributed by atoms with Gasteiger partial charge in [-0.2, -0.15) is 0 Å². The van der Waals surface area contributed by atoms with E-state index in [0.717, 1.165) is 32.7 Å². The maximum atomic E-state index is 11.0. The third kappa shape index (κ3) is 3.32. The van der Waals surface area contributed by atoms with Gasteiger partial charge in [0, 0.05) is 45.7 Å². The molecule has 0 aromatic rings. The second-order valence-corrected chi connectivity index (χ2v) is 3.78. The molecule has 13 heavy (non-hydrogen) atoms. The van der Waals surface area contributed by atoms with E-state index in [0.29, 0.717) is 0 Å². The van der Waals surface area contributed by atoms with Crippen molar-refractivity contribution in [3.63, 3.8) is 0 Å². The lowest BCUT2D eigenvalue weighted by atomic mass is 10.2. The molecule has 1 rings (SSSR count). The van der Waals surface area contributed by atoms with Gasteiger partial charge in [0.05, 0.1) is 0 Å². The molecule has 0 aliphatic carbocycles. The number of carbonyl (C=O) groups excluding carboxylic acids is 1. The summed E-state index contributed by atoms with van der Waals surface area (Å²) in [7, 11) is 0. The first-order chi connectivity index (χ1) is 6.09. The van der Waals surface area contributed by atoms with E-state index in [-0.39, 0.29) is 11.9 Å². The maximum Gasteiger partial charge on any atom is 0.219 e. The Morgan fingerprint density at radius 2 is 1.92 bits per heavy atom. The number of rotatable bonds is 2. The fourth-order valence-corrected chi connectivity index (χ4v) is 1.65. The minimum atomic E-state index is 0.181. The Labute approximate surface area is 79.7 Å². The fraction of sp³-hybridized carbons (Fsp3) is 0.889. The molecule has 0 bridgehead atoms. The molecule has 0 spiro atoms. The highest BCUT2D eigenvalue weighted by Gasteiger charge is 2.18. The van der Waals surface area contributed by atoms with Crippen LogP contribution < -0.4 is 5.73 Å². The smallest absolute Gasteiger partial charge is 0.219 e. The Balaban J connectivity index is 2.26. The summed E-state index contributed by atoms with van der Waals surface area (Å²) >= 11 is 0. The molecule has 1 amide bonds. The van der Waals surface area contributed by atoms with Crippen LogP contribution in [0.2, 0.25) is 0 Å². The molecule has 0 saturated carbocycles. The van der Waals surface area contributed by atoms with Crippen LogP contribution in [0.1, 0.15) is 13.8 Å². The summed E-state index contributed by atoms with van der Waals surface area (Å²) in [6.45, 7) is 8.19. The molecular weight excluding hydrogens is 166 g/mol. The van der Waals surface area contributed by atoms with Gasteiger partial charge in [-0.15, -0.1) is 0 Å². The zero-order chi connectivity index (χ0) is 9.84. The maximum absolute atomic E-state index is 11.0. The SMILES string of the molecule is CC(=O)N1CCN(C[C@@H](C)N)CC1. The highest BCUT2D eigenvalue weighted by atomic mass is 16.2. The van der Waals surface area contributed by atoms with Crippen molar-refractivity contribution >= 4 is 5.91 Å². The number of nitrogens with two attached hydrogens (primary N) is 1. The number of hydrogen-bond donors (Lipinski definition) is 1. The number of carbonyl (C=O) groups is 1. The van der Waals surface area contributed by atoms with Crippen LogP contribution >= 0.6 is 0 Å². The molecule has 1 fully saturated rings. The summed E-state index contributed by atoms with van der Waals surface area (Å²) in [5.41, 5.74) is 5.70. The van der Waals surface area contributed by atoms with Gasteiger partial charge in [-0.25, -0.2) is 0 Å². The van der Waals surface area contributed by atoms with Gasteiger partial charge in [0.25, 0.3) is 0 Å². The summed E-state index contributed by atoms with van der Waals surface area (Å²) in [6, 6.07) is 0.226. The summed E-state index contributed by atoms with van der Waals surface area (Å²) in [4.78, 5) is 15.2. The number of piperazine rings is 1. The van der Waals surface area contributed by atoms with Crippen LogP contribution in [0, 0.1) is 0 Å². The molecular formula is C9H19N3O. The van der Waals surface area contributed by atoms with Gasteiger partial charge in [-0.1, -0.05) is 0 Å². The van der Waals surface area contributed by atoms with Crippen molar-refractivity contribution in [1.82, 2.24) is 9.80 Å². The van der Waals surface area contributed by atoms with E-state index in [4.69, 9.17) is 5.73 Å². The molecule has 0 aromatic heterocycles. The van der Waals surface area contributed by atoms with Crippen molar-refractivity contribution in [3.8, 4) is 0 Å². The molecule has 4 nitrogen and oxygen atoms in total. The topological polar surface area (TPSA) is 49.6 Å². The van der Waals surface area contributed by atoms with Gasteiger partial charge >= 0.3 is 0 Å². The third-order valence-corrected chi connectivity index (χ3v) is 2.36. The van der Waals surface area contributed by atoms with Crippen LogP contribution in [0.4, 0.5) is 0 Å². The standard InChI is InChI=1S/C9H19N3O/c1-8(10)7-11-3-5-12(6-4-11)9(2)13/h8H,3-7,10H2,1-2H3/t8-/m1/s1. The lowest BCUT2D eigenvalue weighted by Crippen LogP contribution is -2.50. The molecule has 1 atom stereocenters. The second kappa shape index (κ2) is 4.58. The molecule has 0 aromatic carbocycles. The van der Waals surface area contributed by atoms with Gasteiger partial charge in [0.2, 0.25) is 5.91 Å². The quantitative estimate of drug-likeness (QED) is 0.631. The summed E-state index contributed by atoms with van der Waals surface area (Å²) in [5.74, 6) is 0.181. The average molecular weight is 185 g/mol. The van der Waals surface area contributed by atoms with Crippen LogP contribution in [0.3, 0.4) is 0 Å². The second-order valence-electron chi connectivity index (χ2n) is 3.78. The lowest BCUT2D eigenvalue weighted by Gasteiger charge is -2.34. The normalized spacial score (nSPS) is 21.6. The first kappa shape index (κ1) is 10.5. The molecule has 1 aliphatic heterocycles. The van der Waals surface area contributed by atoms with E-state index in [1.165, 1.54) is 0 Å². The third-order valence-electron chi connectivity index (χ3n) is 2.36. The van der Waals surface area contributed by atoms with E-state index >= 15 is 0 Å². The predicted octanol–water partition coefficient (Wildman–Crippen LogP) is -0.502. The molecule has 0 unspecified atom stereocenters. The molecule has 1 aliphatic rings. The van der Waals surface area contributed by atoms with Crippen molar-refractivity contribution in [2.75, 3.05) is 32.7 Å². The van der Waals surface area contributed by atoms with Crippen LogP contribution in [0.25, 0.3) is 0 Å². The van der Waals surface area contributed by atoms with E-state index in [9.17, 15) is 4.79 Å². The van der Waals surface area contributed by atoms with Crippen molar-refractivity contribution in [1.29, 1.82) is 0 Å². The Bertz CT molecular complexity index is 174. The largest absolute Gasteiger partial charge is 0.340 e. The van der Waals surface area contributed by atoms with Crippen molar-refractivity contribution in [2.24, 2.45) is 5.73 Å². The fourth-order valence-electron chi connectivity index (χ4n) is 1.65. The van der Waals surface area contributed by atoms with Crippen LogP contribution in [-0.2, 0) is 4.79 Å². The van der Waals surface area contributed by atoms with Gasteiger partial charge in [-0.3, -0.25) is 9.69 Å². The molecule has 1 heterocycles. The summed E-state index contributed by atoms with van der Waals surface area (Å²) < 4.78 is 0. The molecule has 1 saturated heterocycles. The minimum Gasteiger partial charge on any atom is -0.340 e. The summed E-state index contributed by atoms with van der Waals surface area (Å²) in [5, 5.41) is 0. The zero-order valence-corrected chi connectivity index (χ0v) is 8.49. The Hall–Kier alpha value is -0.610. The van der Waals surface area contributed by atoms with E-state index in [1.807, 2.05) is 11.8 Å². The summed E-state index contributed by atoms with van der Waals surface area (Å²) in [6.07, 6.45) is 0. The molecule has 4 heteroatoms. The highest BCUT2D eigenvalue weighted by molar-refractivity contribution is 5.73. The number of amides is 1. The van der Waals surface area contributed by atoms with E-state index in [1.54, 1.807) is 6.92 Å². The van der Waals surface area contributed by atoms with Crippen LogP contribution in [0.15, 0.2) is 0 Å². The van der Waals surface area contributed by atoms with Crippen molar-refractivity contribution < 1.29 is 4.79 Å². The number of nitrogens with zero attached hydrogens (tertiary/aromatic N) is 2. The average Bonchev–Trinajstić information content (AvgIpc) is 2.04. The van der Waals surface area contributed by atoms with Crippen molar-refractivity contribution in [2.45, 2.75) is 19.9 Å². The number of hydrogen-bond acceptors (Lipinski definition) is 3. The molecule has 0 radical (unpaired) electrons. The van der Waals surface area contributed by atoms with Crippen molar-refractivity contribution in [3.05, 3.63) is 0 Å². The molecule has 2 N–H and O–H groups in total. The first-order valence-electron chi connectivity index (χ1n) is 4.83. The minimum absolute atomic E-state index is 0.181. The highest BCUT2D eigenvalue weighted by Crippen LogP contribution is 2.01. The van der Waals surface area contributed by atoms with Gasteiger partial charge in [0.15, 0.2) is 0 Å². The predicted molar refractivity (Wildman–Crippen MR) is 52.3 cm³/mol. The van der Waals surface area contributed by atoms with E-state index in [2.05, 4.69) is 4.90 Å². The van der Waals surface area contributed by atoms with E-state index < -0.39 is 0 Å². The van der Waals surface area contributed by atoms with Crippen LogP contribution in [-0.4, -0.2) is 54.5 Å². The lowest BCUT2D eigenvalue weighted by molar-refractivity contribution is -0.130. The molecule has 76 valence electrons. The Morgan fingerprint density at radius 3 is 2.31 bits per heavy atom.